The van der Waals surface area contributed by atoms with Crippen molar-refractivity contribution in [3.05, 3.63) is 41.7 Å². The number of piperidine rings is 1. The van der Waals surface area contributed by atoms with Gasteiger partial charge in [-0.1, -0.05) is 6.07 Å². The van der Waals surface area contributed by atoms with Crippen molar-refractivity contribution in [2.45, 2.75) is 37.3 Å². The highest BCUT2D eigenvalue weighted by molar-refractivity contribution is 6.60. The number of likely N-dealkylation sites (tertiary alicyclic amines) is 1. The van der Waals surface area contributed by atoms with Crippen LogP contribution in [-0.4, -0.2) is 91.6 Å². The number of ether oxygens (including phenoxy) is 1. The number of hydrogen-bond donors (Lipinski definition) is 3. The molecule has 1 aromatic carbocycles. The molecule has 1 aliphatic heterocycles. The van der Waals surface area contributed by atoms with Crippen LogP contribution in [0.4, 0.5) is 17.2 Å². The number of aromatic nitrogens is 4. The molecule has 0 spiro atoms. The number of anilines is 3. The highest BCUT2D eigenvalue weighted by atomic mass is 16.5. The van der Waals surface area contributed by atoms with Crippen LogP contribution in [0, 0.1) is 5.92 Å². The van der Waals surface area contributed by atoms with E-state index in [0.29, 0.717) is 34.1 Å². The molecule has 3 heterocycles. The van der Waals surface area contributed by atoms with Crippen molar-refractivity contribution >= 4 is 58.5 Å². The Kier molecular flexibility index (Phi) is 8.28. The van der Waals surface area contributed by atoms with Gasteiger partial charge in [0.25, 0.3) is 11.8 Å². The first-order chi connectivity index (χ1) is 20.0. The molecule has 2 aromatic heterocycles. The van der Waals surface area contributed by atoms with E-state index >= 15 is 0 Å². The molecule has 3 aromatic rings. The first kappa shape index (κ1) is 29.2. The SMILES string of the molecule is BC(B)(B)NC(=O)c1nnc(NC(=O)C2CC2)cc1Nc1cccc(-c2cc(C(=O)N3CCCCC3)n(C)n2)c1OC. The molecule has 3 amide bonds. The lowest BCUT2D eigenvalue weighted by Gasteiger charge is -2.26. The molecular weight excluding hydrogens is 533 g/mol. The van der Waals surface area contributed by atoms with Gasteiger partial charge in [0, 0.05) is 37.7 Å². The van der Waals surface area contributed by atoms with Crippen molar-refractivity contribution in [3.63, 3.8) is 0 Å². The molecule has 42 heavy (non-hydrogen) atoms. The average Bonchev–Trinajstić information content (AvgIpc) is 3.74. The summed E-state index contributed by atoms with van der Waals surface area (Å²) >= 11 is 0. The highest BCUT2D eigenvalue weighted by Crippen LogP contribution is 2.38. The van der Waals surface area contributed by atoms with Crippen LogP contribution in [0.25, 0.3) is 11.3 Å². The van der Waals surface area contributed by atoms with E-state index < -0.39 is 11.1 Å². The number of benzene rings is 1. The zero-order valence-corrected chi connectivity index (χ0v) is 24.8. The molecule has 15 heteroatoms. The topological polar surface area (TPSA) is 143 Å². The lowest BCUT2D eigenvalue weighted by Crippen LogP contribution is -2.50. The van der Waals surface area contributed by atoms with Crippen molar-refractivity contribution in [2.24, 2.45) is 13.0 Å². The summed E-state index contributed by atoms with van der Waals surface area (Å²) in [4.78, 5) is 40.7. The molecule has 216 valence electrons. The van der Waals surface area contributed by atoms with Gasteiger partial charge in [0.2, 0.25) is 5.91 Å². The van der Waals surface area contributed by atoms with Gasteiger partial charge in [0.05, 0.1) is 24.2 Å². The van der Waals surface area contributed by atoms with Crippen molar-refractivity contribution in [3.8, 4) is 17.0 Å². The van der Waals surface area contributed by atoms with Crippen LogP contribution in [-0.2, 0) is 11.8 Å². The smallest absolute Gasteiger partial charge is 0.272 e. The number of para-hydroxylation sites is 1. The van der Waals surface area contributed by atoms with Crippen molar-refractivity contribution in [2.75, 3.05) is 30.8 Å². The Balaban J connectivity index is 1.48. The fourth-order valence-corrected chi connectivity index (χ4v) is 4.95. The molecule has 0 radical (unpaired) electrons. The number of carbonyl (C=O) groups excluding carboxylic acids is 3. The summed E-state index contributed by atoms with van der Waals surface area (Å²) in [6, 6.07) is 8.87. The fraction of sp³-hybridized carbons (Fsp3) is 0.407. The first-order valence-corrected chi connectivity index (χ1v) is 14.3. The molecule has 3 N–H and O–H groups in total. The zero-order valence-electron chi connectivity index (χ0n) is 24.8. The minimum absolute atomic E-state index is 0.0195. The Bertz CT molecular complexity index is 1510. The Labute approximate surface area is 247 Å². The van der Waals surface area contributed by atoms with Gasteiger partial charge in [-0.05, 0) is 55.5 Å². The predicted octanol–water partition coefficient (Wildman–Crippen LogP) is -0.156. The molecule has 0 unspecified atom stereocenters. The van der Waals surface area contributed by atoms with E-state index in [9.17, 15) is 14.4 Å². The highest BCUT2D eigenvalue weighted by Gasteiger charge is 2.30. The number of nitrogens with zero attached hydrogens (tertiary/aromatic N) is 5. The third-order valence-electron chi connectivity index (χ3n) is 7.20. The predicted molar refractivity (Wildman–Crippen MR) is 167 cm³/mol. The van der Waals surface area contributed by atoms with Crippen LogP contribution in [0.5, 0.6) is 5.75 Å². The summed E-state index contributed by atoms with van der Waals surface area (Å²) in [6.07, 6.45) is 4.84. The summed E-state index contributed by atoms with van der Waals surface area (Å²) in [5, 5.41) is 21.4. The largest absolute Gasteiger partial charge is 0.494 e. The van der Waals surface area contributed by atoms with Gasteiger partial charge in [-0.3, -0.25) is 19.1 Å². The van der Waals surface area contributed by atoms with Crippen molar-refractivity contribution < 1.29 is 19.1 Å². The number of aryl methyl sites for hydroxylation is 1. The third kappa shape index (κ3) is 6.61. The van der Waals surface area contributed by atoms with E-state index in [0.717, 1.165) is 45.2 Å². The maximum atomic E-state index is 13.2. The van der Waals surface area contributed by atoms with Crippen molar-refractivity contribution in [1.82, 2.24) is 30.2 Å². The molecule has 5 rings (SSSR count). The van der Waals surface area contributed by atoms with E-state index in [1.54, 1.807) is 37.0 Å². The normalized spacial score (nSPS) is 15.1. The molecule has 0 bridgehead atoms. The van der Waals surface area contributed by atoms with Gasteiger partial charge in [-0.25, -0.2) is 0 Å². The van der Waals surface area contributed by atoms with Gasteiger partial charge in [-0.2, -0.15) is 5.10 Å². The van der Waals surface area contributed by atoms with E-state index in [-0.39, 0.29) is 29.2 Å². The van der Waals surface area contributed by atoms with Crippen LogP contribution >= 0.6 is 0 Å². The van der Waals surface area contributed by atoms with Gasteiger partial charge in [-0.15, -0.1) is 10.2 Å². The Morgan fingerprint density at radius 1 is 1.02 bits per heavy atom. The lowest BCUT2D eigenvalue weighted by molar-refractivity contribution is -0.117. The fourth-order valence-electron chi connectivity index (χ4n) is 4.95. The quantitative estimate of drug-likeness (QED) is 0.303. The molecule has 1 aliphatic carbocycles. The van der Waals surface area contributed by atoms with Crippen LogP contribution in [0.1, 0.15) is 53.1 Å². The molecular formula is C27H35B3N8O4. The number of amides is 3. The van der Waals surface area contributed by atoms with Gasteiger partial charge < -0.3 is 25.6 Å². The Morgan fingerprint density at radius 3 is 2.43 bits per heavy atom. The molecule has 2 fully saturated rings. The summed E-state index contributed by atoms with van der Waals surface area (Å²) in [5.74, 6) is 0.110. The van der Waals surface area contributed by atoms with Gasteiger partial charge in [0.1, 0.15) is 29.2 Å². The summed E-state index contributed by atoms with van der Waals surface area (Å²) in [5.41, 5.74) is 2.70. The maximum Gasteiger partial charge on any atom is 0.272 e. The minimum Gasteiger partial charge on any atom is -0.494 e. The second-order valence-corrected chi connectivity index (χ2v) is 11.9. The Morgan fingerprint density at radius 2 is 1.76 bits per heavy atom. The number of hydrogen-bond acceptors (Lipinski definition) is 8. The summed E-state index contributed by atoms with van der Waals surface area (Å²) in [7, 11) is 8.93. The summed E-state index contributed by atoms with van der Waals surface area (Å²) in [6.45, 7) is 1.49. The number of carbonyl (C=O) groups is 3. The van der Waals surface area contributed by atoms with Crippen LogP contribution < -0.4 is 20.7 Å². The van der Waals surface area contributed by atoms with E-state index in [1.165, 1.54) is 0 Å². The monoisotopic (exact) mass is 568 g/mol. The maximum absolute atomic E-state index is 13.2. The second-order valence-electron chi connectivity index (χ2n) is 11.9. The molecule has 1 saturated carbocycles. The Hall–Kier alpha value is -4.29. The number of methoxy groups -OCH3 is 1. The lowest BCUT2D eigenvalue weighted by atomic mass is 9.49. The minimum atomic E-state index is -0.505. The van der Waals surface area contributed by atoms with Crippen LogP contribution in [0.2, 0.25) is 0 Å². The average molecular weight is 568 g/mol. The van der Waals surface area contributed by atoms with E-state index in [2.05, 4.69) is 31.2 Å². The third-order valence-corrected chi connectivity index (χ3v) is 7.20. The van der Waals surface area contributed by atoms with E-state index in [1.807, 2.05) is 40.6 Å². The first-order valence-electron chi connectivity index (χ1n) is 14.3. The van der Waals surface area contributed by atoms with Gasteiger partial charge in [0.15, 0.2) is 17.3 Å². The second kappa shape index (κ2) is 11.9. The summed E-state index contributed by atoms with van der Waals surface area (Å²) < 4.78 is 7.43. The van der Waals surface area contributed by atoms with Crippen LogP contribution in [0.15, 0.2) is 30.3 Å². The van der Waals surface area contributed by atoms with Crippen LogP contribution in [0.3, 0.4) is 0 Å². The standard InChI is InChI=1S/C27H35B3N8O4/c1-37-20(26(41)38-11-4-3-5-12-38)13-18(36-37)16-7-6-8-17(23(16)42-2)31-19-14-21(32-24(39)15-9-10-15)34-35-22(19)25(40)33-27(28,29)30/h6-8,13-15H,3-5,9-12,28-30H2,1-2H3,(H,33,40)(H2,31,32,34,39). The molecule has 12 nitrogen and oxygen atoms in total. The number of rotatable bonds is 9. The molecule has 1 saturated heterocycles. The number of nitrogens with one attached hydrogen (secondary N) is 3. The van der Waals surface area contributed by atoms with Gasteiger partial charge >= 0.3 is 0 Å². The van der Waals surface area contributed by atoms with Crippen molar-refractivity contribution in [1.29, 1.82) is 0 Å². The zero-order chi connectivity index (χ0) is 30.0. The molecule has 2 aliphatic rings. The van der Waals surface area contributed by atoms with E-state index in [4.69, 9.17) is 4.74 Å². The molecule has 0 atom stereocenters.